The van der Waals surface area contributed by atoms with Crippen molar-refractivity contribution in [1.82, 2.24) is 0 Å². The van der Waals surface area contributed by atoms with Gasteiger partial charge in [-0.1, -0.05) is 326 Å². The van der Waals surface area contributed by atoms with E-state index in [2.05, 4.69) is 179 Å². The second-order valence-electron chi connectivity index (χ2n) is 27.5. The first-order valence-corrected chi connectivity index (χ1v) is 44.8. The summed E-state index contributed by atoms with van der Waals surface area (Å²) >= 11 is 0. The van der Waals surface area contributed by atoms with Gasteiger partial charge in [-0.2, -0.15) is 0 Å². The number of allylic oxidation sites excluding steroid dienone is 26. The lowest BCUT2D eigenvalue weighted by atomic mass is 10.0. The molecular formula is C89H150O16P2. The van der Waals surface area contributed by atoms with Crippen LogP contribution in [0.4, 0.5) is 0 Å². The molecule has 16 nitrogen and oxygen atoms in total. The van der Waals surface area contributed by atoms with Crippen molar-refractivity contribution < 1.29 is 75.8 Å². The highest BCUT2D eigenvalue weighted by molar-refractivity contribution is 7.47. The van der Waals surface area contributed by atoms with Crippen molar-refractivity contribution in [3.05, 3.63) is 158 Å². The zero-order valence-electron chi connectivity index (χ0n) is 67.0. The lowest BCUT2D eigenvalue weighted by molar-refractivity contribution is -0.161. The van der Waals surface area contributed by atoms with E-state index in [1.807, 2.05) is 0 Å². The third-order valence-corrected chi connectivity index (χ3v) is 19.1. The lowest BCUT2D eigenvalue weighted by Crippen LogP contribution is -2.30. The molecule has 0 aromatic heterocycles. The molecule has 4 N–H and O–H groups in total. The molecule has 107 heavy (non-hydrogen) atoms. The summed E-state index contributed by atoms with van der Waals surface area (Å²) in [7, 11) is -9.81. The van der Waals surface area contributed by atoms with Crippen molar-refractivity contribution in [3.63, 3.8) is 0 Å². The zero-order valence-corrected chi connectivity index (χ0v) is 68.8. The Morgan fingerprint density at radius 2 is 0.467 bits per heavy atom. The number of esters is 3. The van der Waals surface area contributed by atoms with Gasteiger partial charge in [-0.25, -0.2) is 9.13 Å². The summed E-state index contributed by atoms with van der Waals surface area (Å²) in [5.41, 5.74) is 0. The van der Waals surface area contributed by atoms with Gasteiger partial charge in [0, 0.05) is 19.3 Å². The van der Waals surface area contributed by atoms with Crippen molar-refractivity contribution in [1.29, 1.82) is 0 Å². The Labute approximate surface area is 650 Å². The average Bonchev–Trinajstić information content (AvgIpc) is 0.907. The molecule has 0 aliphatic heterocycles. The summed E-state index contributed by atoms with van der Waals surface area (Å²) < 4.78 is 61.2. The molecule has 0 fully saturated rings. The molecule has 0 aliphatic rings. The molecule has 0 aromatic carbocycles. The van der Waals surface area contributed by atoms with Crippen LogP contribution in [0.1, 0.15) is 329 Å². The minimum Gasteiger partial charge on any atom is -0.463 e. The number of aliphatic hydroxyl groups is 2. The van der Waals surface area contributed by atoms with Gasteiger partial charge in [0.25, 0.3) is 0 Å². The van der Waals surface area contributed by atoms with Gasteiger partial charge >= 0.3 is 33.6 Å². The molecule has 5 atom stereocenters. The number of ether oxygens (including phenoxy) is 3. The minimum atomic E-state index is -4.94. The summed E-state index contributed by atoms with van der Waals surface area (Å²) in [5.74, 6) is -1.61. The van der Waals surface area contributed by atoms with Crippen molar-refractivity contribution in [2.24, 2.45) is 0 Å². The van der Waals surface area contributed by atoms with E-state index in [9.17, 15) is 43.5 Å². The Morgan fingerprint density at radius 1 is 0.262 bits per heavy atom. The maximum Gasteiger partial charge on any atom is 0.472 e. The van der Waals surface area contributed by atoms with E-state index >= 15 is 0 Å². The molecule has 0 rings (SSSR count). The van der Waals surface area contributed by atoms with E-state index in [0.717, 1.165) is 180 Å². The van der Waals surface area contributed by atoms with Gasteiger partial charge in [-0.15, -0.1) is 0 Å². The molecule has 0 spiro atoms. The Balaban J connectivity index is 4.50. The predicted molar refractivity (Wildman–Crippen MR) is 445 cm³/mol. The number of hydrogen-bond donors (Lipinski definition) is 4. The molecule has 5 unspecified atom stereocenters. The summed E-state index contributed by atoms with van der Waals surface area (Å²) in [6.45, 7) is 2.33. The van der Waals surface area contributed by atoms with Crippen LogP contribution in [0, 0.1) is 0 Å². The molecule has 0 saturated heterocycles. The molecule has 18 heteroatoms. The lowest BCUT2D eigenvalue weighted by Gasteiger charge is -2.21. The van der Waals surface area contributed by atoms with Crippen molar-refractivity contribution in [2.75, 3.05) is 39.6 Å². The largest absolute Gasteiger partial charge is 0.472 e. The Hall–Kier alpha value is -4.83. The number of phosphoric ester groups is 2. The Bertz CT molecular complexity index is 2580. The number of carbonyl (C=O) groups excluding carboxylic acids is 3. The monoisotopic (exact) mass is 1540 g/mol. The van der Waals surface area contributed by atoms with Crippen LogP contribution in [0.15, 0.2) is 158 Å². The second kappa shape index (κ2) is 80.7. The number of rotatable bonds is 78. The molecular weight excluding hydrogens is 1390 g/mol. The number of phosphoric acid groups is 2. The standard InChI is InChI=1S/C89H150O16P2/c1-4-7-10-13-16-19-22-25-28-31-33-35-36-37-38-39-40-41-42-43-44-45-46-48-50-52-54-57-60-63-66-69-72-75-87(92)99-78-84(90)79-101-106(95,96)102-80-85(91)81-103-107(97,98)104-83-86(105-89(94)77-74-71-68-65-62-59-56-51-30-27-24-21-18-15-12-9-6-3)82-100-88(93)76-73-70-67-64-61-58-55-53-49-47-34-32-29-26-23-20-17-14-11-8-5-2/h7-12,16-21,25-30,33-35,37-38,47,53,55,84-86,90-91H,4-6,13-15,22-24,31-32,36,39-46,48-52,54,56-83H2,1-3H3,(H,95,96)(H,97,98)/b10-7-,11-8-,12-9-,19-16-,20-17-,21-18-,28-25-,29-26-,30-27-,35-33-,38-37-,47-34-,55-53-. The van der Waals surface area contributed by atoms with E-state index in [4.69, 9.17) is 32.3 Å². The molecule has 0 bridgehead atoms. The highest BCUT2D eigenvalue weighted by atomic mass is 31.2. The SMILES string of the molecule is CC/C=C\C/C=C\C/C=C\C/C=C\C/C=C\CCCCCCCCCCCCCCCCCCCC(=O)OCC(O)COP(=O)(O)OCC(O)COP(=O)(O)OCC(COC(=O)CCCCCCC/C=C\C/C=C\C/C=C\C/C=C\C/C=C\CC)OC(=O)CCCCCCCCC/C=C\C/C=C\C/C=C\CC. The molecule has 0 heterocycles. The summed E-state index contributed by atoms with van der Waals surface area (Å²) in [4.78, 5) is 58.8. The number of hydrogen-bond acceptors (Lipinski definition) is 14. The number of unbranched alkanes of at least 4 members (excludes halogenated alkanes) is 29. The summed E-state index contributed by atoms with van der Waals surface area (Å²) in [6.07, 6.45) is 102. The van der Waals surface area contributed by atoms with E-state index in [1.54, 1.807) is 0 Å². The molecule has 0 radical (unpaired) electrons. The van der Waals surface area contributed by atoms with Crippen LogP contribution >= 0.6 is 15.6 Å². The van der Waals surface area contributed by atoms with Crippen LogP contribution in [-0.4, -0.2) is 95.9 Å². The topological polar surface area (TPSA) is 231 Å². The number of carbonyl (C=O) groups is 3. The van der Waals surface area contributed by atoms with Gasteiger partial charge in [0.05, 0.1) is 26.4 Å². The first-order valence-electron chi connectivity index (χ1n) is 41.8. The van der Waals surface area contributed by atoms with Crippen molar-refractivity contribution in [2.45, 2.75) is 347 Å². The van der Waals surface area contributed by atoms with Crippen molar-refractivity contribution in [3.8, 4) is 0 Å². The average molecular weight is 1540 g/mol. The highest BCUT2D eigenvalue weighted by Gasteiger charge is 2.29. The minimum absolute atomic E-state index is 0.0846. The summed E-state index contributed by atoms with van der Waals surface area (Å²) in [5, 5.41) is 20.7. The molecule has 612 valence electrons. The second-order valence-corrected chi connectivity index (χ2v) is 30.4. The van der Waals surface area contributed by atoms with Crippen LogP contribution in [0.5, 0.6) is 0 Å². The van der Waals surface area contributed by atoms with Gasteiger partial charge in [-0.3, -0.25) is 32.5 Å². The van der Waals surface area contributed by atoms with Crippen LogP contribution in [0.2, 0.25) is 0 Å². The van der Waals surface area contributed by atoms with E-state index in [0.29, 0.717) is 19.3 Å². The smallest absolute Gasteiger partial charge is 0.463 e. The fourth-order valence-electron chi connectivity index (χ4n) is 11.0. The van der Waals surface area contributed by atoms with Crippen LogP contribution < -0.4 is 0 Å². The van der Waals surface area contributed by atoms with Gasteiger partial charge in [0.2, 0.25) is 0 Å². The maximum atomic E-state index is 13.0. The first kappa shape index (κ1) is 102. The van der Waals surface area contributed by atoms with Crippen LogP contribution in [0.3, 0.4) is 0 Å². The van der Waals surface area contributed by atoms with Gasteiger partial charge < -0.3 is 34.2 Å². The van der Waals surface area contributed by atoms with Gasteiger partial charge in [0.1, 0.15) is 25.4 Å². The highest BCUT2D eigenvalue weighted by Crippen LogP contribution is 2.45. The van der Waals surface area contributed by atoms with Gasteiger partial charge in [0.15, 0.2) is 6.10 Å². The maximum absolute atomic E-state index is 13.0. The zero-order chi connectivity index (χ0) is 78.0. The van der Waals surface area contributed by atoms with E-state index in [-0.39, 0.29) is 19.3 Å². The van der Waals surface area contributed by atoms with Crippen LogP contribution in [-0.2, 0) is 55.8 Å². The number of aliphatic hydroxyl groups excluding tert-OH is 2. The Kier molecular flexibility index (Phi) is 77.0. The fraction of sp³-hybridized carbons (Fsp3) is 0.674. The van der Waals surface area contributed by atoms with Crippen molar-refractivity contribution >= 4 is 33.6 Å². The molecule has 0 aliphatic carbocycles. The Morgan fingerprint density at radius 3 is 0.738 bits per heavy atom. The third-order valence-electron chi connectivity index (χ3n) is 17.2. The quantitative estimate of drug-likeness (QED) is 0.0146. The molecule has 0 aromatic rings. The first-order chi connectivity index (χ1) is 52.2. The van der Waals surface area contributed by atoms with E-state index < -0.39 is 91.5 Å². The third kappa shape index (κ3) is 82.0. The molecule has 0 amide bonds. The van der Waals surface area contributed by atoms with Crippen LogP contribution in [0.25, 0.3) is 0 Å². The van der Waals surface area contributed by atoms with Gasteiger partial charge in [-0.05, 0) is 141 Å². The van der Waals surface area contributed by atoms with E-state index in [1.165, 1.54) is 89.9 Å². The predicted octanol–water partition coefficient (Wildman–Crippen LogP) is 25.0. The fourth-order valence-corrected chi connectivity index (χ4v) is 12.6. The molecule has 0 saturated carbocycles. The normalized spacial score (nSPS) is 14.7. The summed E-state index contributed by atoms with van der Waals surface area (Å²) in [6, 6.07) is 0.